The van der Waals surface area contributed by atoms with E-state index in [4.69, 9.17) is 14.4 Å². The van der Waals surface area contributed by atoms with Crippen molar-refractivity contribution in [3.05, 3.63) is 65.2 Å². The van der Waals surface area contributed by atoms with Crippen LogP contribution in [0.25, 0.3) is 0 Å². The van der Waals surface area contributed by atoms with Crippen LogP contribution in [0.3, 0.4) is 0 Å². The van der Waals surface area contributed by atoms with Gasteiger partial charge in [-0.05, 0) is 72.9 Å². The molecule has 7 heteroatoms. The van der Waals surface area contributed by atoms with Crippen LogP contribution in [-0.2, 0) is 10.1 Å². The number of hydrogen-bond acceptors (Lipinski definition) is 4. The maximum atomic E-state index is 11.0. The van der Waals surface area contributed by atoms with E-state index in [2.05, 4.69) is 13.8 Å². The second-order valence-electron chi connectivity index (χ2n) is 7.58. The Morgan fingerprint density at radius 1 is 1.00 bits per heavy atom. The molecule has 0 heterocycles. The zero-order valence-electron chi connectivity index (χ0n) is 17.5. The van der Waals surface area contributed by atoms with Gasteiger partial charge in [0, 0.05) is 0 Å². The Kier molecular flexibility index (Phi) is 8.87. The Balaban J connectivity index is 1.88. The zero-order valence-corrected chi connectivity index (χ0v) is 18.3. The first-order valence-corrected chi connectivity index (χ1v) is 11.8. The molecular weight excluding hydrogens is 404 g/mol. The highest BCUT2D eigenvalue weighted by Gasteiger charge is 2.16. The summed E-state index contributed by atoms with van der Waals surface area (Å²) in [6, 6.07) is 15.0. The standard InChI is InChI=1S/C23H30O6S/c1-3-18(20-6-8-21(9-7-20)23(24)25)16-17(2)19-10-12-22(13-11-19)29-14-4-5-15-30(26,27)28/h6-13,17-18H,3-5,14-16H2,1-2H3,(H,24,25)(H,26,27,28). The van der Waals surface area contributed by atoms with E-state index < -0.39 is 16.1 Å². The average Bonchev–Trinajstić information content (AvgIpc) is 2.71. The summed E-state index contributed by atoms with van der Waals surface area (Å²) in [4.78, 5) is 11.0. The van der Waals surface area contributed by atoms with E-state index in [1.54, 1.807) is 12.1 Å². The van der Waals surface area contributed by atoms with Gasteiger partial charge >= 0.3 is 5.97 Å². The lowest BCUT2D eigenvalue weighted by atomic mass is 9.84. The van der Waals surface area contributed by atoms with E-state index in [1.807, 2.05) is 36.4 Å². The second kappa shape index (κ2) is 11.1. The van der Waals surface area contributed by atoms with Crippen LogP contribution in [0, 0.1) is 0 Å². The van der Waals surface area contributed by atoms with E-state index in [0.29, 0.717) is 36.8 Å². The van der Waals surface area contributed by atoms with Gasteiger partial charge in [-0.1, -0.05) is 38.1 Å². The maximum absolute atomic E-state index is 11.0. The molecule has 0 aliphatic heterocycles. The third-order valence-electron chi connectivity index (χ3n) is 5.27. The molecule has 0 radical (unpaired) electrons. The summed E-state index contributed by atoms with van der Waals surface area (Å²) in [6.07, 6.45) is 2.84. The molecule has 6 nitrogen and oxygen atoms in total. The number of ether oxygens (including phenoxy) is 1. The van der Waals surface area contributed by atoms with Crippen molar-refractivity contribution in [1.82, 2.24) is 0 Å². The van der Waals surface area contributed by atoms with E-state index in [0.717, 1.165) is 24.2 Å². The minimum absolute atomic E-state index is 0.246. The average molecular weight is 435 g/mol. The number of rotatable bonds is 12. The van der Waals surface area contributed by atoms with Gasteiger partial charge in [0.05, 0.1) is 17.9 Å². The molecule has 2 rings (SSSR count). The van der Waals surface area contributed by atoms with Crippen LogP contribution in [-0.4, -0.2) is 36.4 Å². The zero-order chi connectivity index (χ0) is 22.1. The maximum Gasteiger partial charge on any atom is 0.335 e. The fraction of sp³-hybridized carbons (Fsp3) is 0.435. The van der Waals surface area contributed by atoms with Gasteiger partial charge in [-0.3, -0.25) is 4.55 Å². The summed E-state index contributed by atoms with van der Waals surface area (Å²) in [6.45, 7) is 4.72. The summed E-state index contributed by atoms with van der Waals surface area (Å²) < 4.78 is 35.7. The summed E-state index contributed by atoms with van der Waals surface area (Å²) >= 11 is 0. The number of hydrogen-bond donors (Lipinski definition) is 2. The molecule has 0 fully saturated rings. The van der Waals surface area contributed by atoms with Crippen molar-refractivity contribution in [2.24, 2.45) is 0 Å². The molecular formula is C23H30O6S. The van der Waals surface area contributed by atoms with Crippen LogP contribution in [0.5, 0.6) is 5.75 Å². The van der Waals surface area contributed by atoms with Crippen LogP contribution in [0.1, 0.15) is 72.9 Å². The van der Waals surface area contributed by atoms with Crippen LogP contribution in [0.4, 0.5) is 0 Å². The Morgan fingerprint density at radius 2 is 1.60 bits per heavy atom. The van der Waals surface area contributed by atoms with E-state index >= 15 is 0 Å². The molecule has 164 valence electrons. The Labute approximate surface area is 178 Å². The van der Waals surface area contributed by atoms with Crippen molar-refractivity contribution in [2.45, 2.75) is 51.4 Å². The molecule has 2 N–H and O–H groups in total. The van der Waals surface area contributed by atoms with Crippen LogP contribution in [0.15, 0.2) is 48.5 Å². The van der Waals surface area contributed by atoms with Gasteiger partial charge < -0.3 is 9.84 Å². The van der Waals surface area contributed by atoms with E-state index in [1.165, 1.54) is 5.56 Å². The Morgan fingerprint density at radius 3 is 2.13 bits per heavy atom. The van der Waals surface area contributed by atoms with Crippen molar-refractivity contribution in [3.63, 3.8) is 0 Å². The van der Waals surface area contributed by atoms with Gasteiger partial charge in [0.15, 0.2) is 0 Å². The first kappa shape index (κ1) is 23.9. The van der Waals surface area contributed by atoms with Crippen LogP contribution >= 0.6 is 0 Å². The monoisotopic (exact) mass is 434 g/mol. The topological polar surface area (TPSA) is 101 Å². The van der Waals surface area contributed by atoms with Crippen molar-refractivity contribution < 1.29 is 27.6 Å². The van der Waals surface area contributed by atoms with Crippen LogP contribution < -0.4 is 4.74 Å². The molecule has 2 unspecified atom stereocenters. The molecule has 2 aromatic carbocycles. The largest absolute Gasteiger partial charge is 0.494 e. The van der Waals surface area contributed by atoms with Gasteiger partial charge in [-0.25, -0.2) is 4.79 Å². The second-order valence-corrected chi connectivity index (χ2v) is 9.15. The van der Waals surface area contributed by atoms with Crippen molar-refractivity contribution >= 4 is 16.1 Å². The number of carbonyl (C=O) groups is 1. The molecule has 0 aromatic heterocycles. The Bertz CT molecular complexity index is 904. The molecule has 2 atom stereocenters. The van der Waals surface area contributed by atoms with Crippen LogP contribution in [0.2, 0.25) is 0 Å². The molecule has 0 amide bonds. The fourth-order valence-electron chi connectivity index (χ4n) is 3.47. The molecule has 30 heavy (non-hydrogen) atoms. The quantitative estimate of drug-likeness (QED) is 0.355. The normalized spacial score (nSPS) is 13.6. The van der Waals surface area contributed by atoms with Gasteiger partial charge in [0.1, 0.15) is 5.75 Å². The Hall–Kier alpha value is -2.38. The SMILES string of the molecule is CCC(CC(C)c1ccc(OCCCCS(=O)(=O)O)cc1)c1ccc(C(=O)O)cc1. The number of aromatic carboxylic acids is 1. The van der Waals surface area contributed by atoms with Crippen molar-refractivity contribution in [3.8, 4) is 5.75 Å². The minimum Gasteiger partial charge on any atom is -0.494 e. The van der Waals surface area contributed by atoms with Crippen molar-refractivity contribution in [2.75, 3.05) is 12.4 Å². The third kappa shape index (κ3) is 7.80. The number of carboxylic acid groups (broad SMARTS) is 1. The summed E-state index contributed by atoms with van der Waals surface area (Å²) in [7, 11) is -3.90. The summed E-state index contributed by atoms with van der Waals surface area (Å²) in [5.41, 5.74) is 2.66. The molecule has 0 aliphatic carbocycles. The highest BCUT2D eigenvalue weighted by molar-refractivity contribution is 7.85. The van der Waals surface area contributed by atoms with E-state index in [9.17, 15) is 13.2 Å². The highest BCUT2D eigenvalue weighted by Crippen LogP contribution is 2.32. The number of benzene rings is 2. The molecule has 0 aliphatic rings. The third-order valence-corrected chi connectivity index (χ3v) is 6.08. The first-order valence-electron chi connectivity index (χ1n) is 10.2. The summed E-state index contributed by atoms with van der Waals surface area (Å²) in [5.74, 6) is 0.252. The molecule has 0 spiro atoms. The lowest BCUT2D eigenvalue weighted by Crippen LogP contribution is -2.06. The predicted molar refractivity (Wildman–Crippen MR) is 117 cm³/mol. The lowest BCUT2D eigenvalue weighted by Gasteiger charge is -2.21. The highest BCUT2D eigenvalue weighted by atomic mass is 32.2. The molecule has 2 aromatic rings. The van der Waals surface area contributed by atoms with Gasteiger partial charge in [-0.15, -0.1) is 0 Å². The number of carboxylic acids is 1. The van der Waals surface area contributed by atoms with E-state index in [-0.39, 0.29) is 5.75 Å². The molecule has 0 saturated heterocycles. The predicted octanol–water partition coefficient (Wildman–Crippen LogP) is 5.12. The molecule has 0 bridgehead atoms. The number of unbranched alkanes of at least 4 members (excludes halogenated alkanes) is 1. The lowest BCUT2D eigenvalue weighted by molar-refractivity contribution is 0.0697. The van der Waals surface area contributed by atoms with Crippen molar-refractivity contribution in [1.29, 1.82) is 0 Å². The van der Waals surface area contributed by atoms with Gasteiger partial charge in [0.25, 0.3) is 10.1 Å². The first-order chi connectivity index (χ1) is 14.2. The minimum atomic E-state index is -3.90. The van der Waals surface area contributed by atoms with Gasteiger partial charge in [-0.2, -0.15) is 8.42 Å². The smallest absolute Gasteiger partial charge is 0.335 e. The summed E-state index contributed by atoms with van der Waals surface area (Å²) in [5, 5.41) is 9.06. The fourth-order valence-corrected chi connectivity index (χ4v) is 4.04. The molecule has 0 saturated carbocycles. The van der Waals surface area contributed by atoms with Gasteiger partial charge in [0.2, 0.25) is 0 Å².